The van der Waals surface area contributed by atoms with Gasteiger partial charge < -0.3 is 10.6 Å². The Morgan fingerprint density at radius 1 is 1.42 bits per heavy atom. The number of likely N-dealkylation sites (N-methyl/N-ethyl adjacent to an activating group) is 1. The number of anilines is 1. The van der Waals surface area contributed by atoms with Gasteiger partial charge in [-0.15, -0.1) is 0 Å². The molecule has 0 saturated carbocycles. The predicted octanol–water partition coefficient (Wildman–Crippen LogP) is 0.729. The number of rotatable bonds is 5. The van der Waals surface area contributed by atoms with E-state index in [9.17, 15) is 4.79 Å². The Bertz CT molecular complexity index is 692. The van der Waals surface area contributed by atoms with Gasteiger partial charge in [-0.05, 0) is 31.2 Å². The summed E-state index contributed by atoms with van der Waals surface area (Å²) < 4.78 is 0. The Balaban J connectivity index is 1.53. The first-order chi connectivity index (χ1) is 11.6. The summed E-state index contributed by atoms with van der Waals surface area (Å²) in [4.78, 5) is 29.1. The topological polar surface area (TPSA) is 88.2 Å². The number of carbonyl (C=O) groups excluding carboxylic acids is 1. The lowest BCUT2D eigenvalue weighted by Gasteiger charge is -2.24. The first-order valence-electron chi connectivity index (χ1n) is 8.06. The van der Waals surface area contributed by atoms with Gasteiger partial charge in [0.25, 0.3) is 0 Å². The second-order valence-corrected chi connectivity index (χ2v) is 6.13. The Labute approximate surface area is 141 Å². The maximum Gasteiger partial charge on any atom is 0.227 e. The predicted molar refractivity (Wildman–Crippen MR) is 90.8 cm³/mol. The number of hydrogen-bond donors (Lipinski definition) is 1. The molecule has 1 amide bonds. The molecule has 1 aliphatic rings. The number of carbonyl (C=O) groups is 1. The molecule has 1 unspecified atom stereocenters. The van der Waals surface area contributed by atoms with Crippen molar-refractivity contribution in [3.63, 3.8) is 0 Å². The van der Waals surface area contributed by atoms with E-state index in [4.69, 9.17) is 5.73 Å². The zero-order valence-corrected chi connectivity index (χ0v) is 13.8. The number of pyridine rings is 1. The molecule has 1 atom stereocenters. The zero-order chi connectivity index (χ0) is 16.9. The monoisotopic (exact) mass is 326 g/mol. The summed E-state index contributed by atoms with van der Waals surface area (Å²) in [5.74, 6) is 1.34. The lowest BCUT2D eigenvalue weighted by Crippen LogP contribution is -2.37. The highest BCUT2D eigenvalue weighted by Crippen LogP contribution is 2.17. The van der Waals surface area contributed by atoms with E-state index in [2.05, 4.69) is 19.9 Å². The van der Waals surface area contributed by atoms with E-state index in [-0.39, 0.29) is 5.91 Å². The highest BCUT2D eigenvalue weighted by molar-refractivity contribution is 5.79. The van der Waals surface area contributed by atoms with Gasteiger partial charge in [-0.2, -0.15) is 0 Å². The fourth-order valence-electron chi connectivity index (χ4n) is 2.96. The largest absolute Gasteiger partial charge is 0.384 e. The second-order valence-electron chi connectivity index (χ2n) is 6.13. The average Bonchev–Trinajstić information content (AvgIpc) is 3.06. The van der Waals surface area contributed by atoms with Crippen LogP contribution < -0.4 is 5.73 Å². The number of aromatic nitrogens is 3. The highest BCUT2D eigenvalue weighted by atomic mass is 16.2. The molecule has 3 rings (SSSR count). The molecule has 2 N–H and O–H groups in total. The van der Waals surface area contributed by atoms with Crippen LogP contribution in [0, 0.1) is 0 Å². The van der Waals surface area contributed by atoms with Crippen LogP contribution >= 0.6 is 0 Å². The quantitative estimate of drug-likeness (QED) is 0.871. The van der Waals surface area contributed by atoms with Gasteiger partial charge >= 0.3 is 0 Å². The van der Waals surface area contributed by atoms with E-state index >= 15 is 0 Å². The van der Waals surface area contributed by atoms with Crippen LogP contribution in [0.5, 0.6) is 0 Å². The van der Waals surface area contributed by atoms with Crippen molar-refractivity contribution < 1.29 is 4.79 Å². The van der Waals surface area contributed by atoms with E-state index in [1.54, 1.807) is 24.7 Å². The van der Waals surface area contributed by atoms with Gasteiger partial charge in [-0.25, -0.2) is 9.97 Å². The lowest BCUT2D eigenvalue weighted by atomic mass is 10.2. The molecule has 1 aliphatic heterocycles. The van der Waals surface area contributed by atoms with Gasteiger partial charge in [-0.3, -0.25) is 14.7 Å². The average molecular weight is 326 g/mol. The fourth-order valence-corrected chi connectivity index (χ4v) is 2.96. The van der Waals surface area contributed by atoms with Crippen molar-refractivity contribution >= 4 is 11.7 Å². The molecule has 0 bridgehead atoms. The summed E-state index contributed by atoms with van der Waals surface area (Å²) in [6.45, 7) is 2.14. The zero-order valence-electron chi connectivity index (χ0n) is 13.8. The number of amides is 1. The molecule has 0 spiro atoms. The number of nitrogens with two attached hydrogens (primary N) is 1. The molecule has 2 aromatic heterocycles. The molecule has 24 heavy (non-hydrogen) atoms. The lowest BCUT2D eigenvalue weighted by molar-refractivity contribution is -0.129. The SMILES string of the molecule is CN(Cc1nccc(N)n1)C1CCN(C(=O)Cc2cccnc2)C1. The maximum absolute atomic E-state index is 12.4. The fraction of sp³-hybridized carbons (Fsp3) is 0.412. The van der Waals surface area contributed by atoms with Crippen LogP contribution in [-0.2, 0) is 17.8 Å². The minimum atomic E-state index is 0.152. The summed E-state index contributed by atoms with van der Waals surface area (Å²) in [5, 5.41) is 0. The number of likely N-dealkylation sites (tertiary alicyclic amines) is 1. The van der Waals surface area contributed by atoms with Gasteiger partial charge in [0.1, 0.15) is 11.6 Å². The molecular formula is C17H22N6O. The van der Waals surface area contributed by atoms with Crippen LogP contribution in [0.15, 0.2) is 36.8 Å². The van der Waals surface area contributed by atoms with E-state index in [1.807, 2.05) is 24.1 Å². The van der Waals surface area contributed by atoms with E-state index in [0.717, 1.165) is 25.1 Å². The minimum Gasteiger partial charge on any atom is -0.384 e. The number of hydrogen-bond acceptors (Lipinski definition) is 6. The Morgan fingerprint density at radius 3 is 3.04 bits per heavy atom. The van der Waals surface area contributed by atoms with Gasteiger partial charge in [0.15, 0.2) is 0 Å². The van der Waals surface area contributed by atoms with E-state index in [1.165, 1.54) is 0 Å². The molecule has 1 saturated heterocycles. The molecule has 7 heteroatoms. The Morgan fingerprint density at radius 2 is 2.29 bits per heavy atom. The van der Waals surface area contributed by atoms with Crippen molar-refractivity contribution in [1.82, 2.24) is 24.8 Å². The van der Waals surface area contributed by atoms with Crippen LogP contribution in [0.2, 0.25) is 0 Å². The van der Waals surface area contributed by atoms with Gasteiger partial charge in [0.2, 0.25) is 5.91 Å². The van der Waals surface area contributed by atoms with Crippen molar-refractivity contribution in [1.29, 1.82) is 0 Å². The maximum atomic E-state index is 12.4. The Kier molecular flexibility index (Phi) is 5.00. The van der Waals surface area contributed by atoms with Crippen molar-refractivity contribution in [3.8, 4) is 0 Å². The molecule has 0 aliphatic carbocycles. The van der Waals surface area contributed by atoms with Crippen molar-refractivity contribution in [3.05, 3.63) is 48.2 Å². The molecule has 3 heterocycles. The van der Waals surface area contributed by atoms with Crippen LogP contribution in [0.4, 0.5) is 5.82 Å². The third-order valence-electron chi connectivity index (χ3n) is 4.34. The summed E-state index contributed by atoms with van der Waals surface area (Å²) in [6, 6.07) is 5.78. The number of nitrogens with zero attached hydrogens (tertiary/aromatic N) is 5. The van der Waals surface area contributed by atoms with Crippen molar-refractivity contribution in [2.75, 3.05) is 25.9 Å². The summed E-state index contributed by atoms with van der Waals surface area (Å²) in [7, 11) is 2.03. The molecule has 2 aromatic rings. The van der Waals surface area contributed by atoms with Crippen molar-refractivity contribution in [2.45, 2.75) is 25.4 Å². The first kappa shape index (κ1) is 16.3. The number of nitrogen functional groups attached to an aromatic ring is 1. The molecule has 7 nitrogen and oxygen atoms in total. The molecule has 1 fully saturated rings. The summed E-state index contributed by atoms with van der Waals surface area (Å²) >= 11 is 0. The van der Waals surface area contributed by atoms with Crippen molar-refractivity contribution in [2.24, 2.45) is 0 Å². The normalized spacial score (nSPS) is 17.4. The second kappa shape index (κ2) is 7.35. The first-order valence-corrected chi connectivity index (χ1v) is 8.06. The van der Waals surface area contributed by atoms with Crippen LogP contribution in [-0.4, -0.2) is 56.8 Å². The van der Waals surface area contributed by atoms with Gasteiger partial charge in [0, 0.05) is 37.7 Å². The van der Waals surface area contributed by atoms with Crippen LogP contribution in [0.25, 0.3) is 0 Å². The third-order valence-corrected chi connectivity index (χ3v) is 4.34. The van der Waals surface area contributed by atoms with Crippen LogP contribution in [0.3, 0.4) is 0 Å². The Hall–Kier alpha value is -2.54. The molecule has 0 aromatic carbocycles. The van der Waals surface area contributed by atoms with E-state index in [0.29, 0.717) is 30.6 Å². The summed E-state index contributed by atoms with van der Waals surface area (Å²) in [5.41, 5.74) is 6.65. The molecule has 0 radical (unpaired) electrons. The molecule has 126 valence electrons. The smallest absolute Gasteiger partial charge is 0.227 e. The standard InChI is InChI=1S/C17H22N6O/c1-22(12-16-20-7-4-15(18)21-16)14-5-8-23(11-14)17(24)9-13-3-2-6-19-10-13/h2-4,6-7,10,14H,5,8-9,11-12H2,1H3,(H2,18,20,21). The van der Waals surface area contributed by atoms with Gasteiger partial charge in [-0.1, -0.05) is 6.07 Å². The third kappa shape index (κ3) is 4.05. The minimum absolute atomic E-state index is 0.152. The van der Waals surface area contributed by atoms with Gasteiger partial charge in [0.05, 0.1) is 13.0 Å². The van der Waals surface area contributed by atoms with Crippen LogP contribution in [0.1, 0.15) is 17.8 Å². The molecular weight excluding hydrogens is 304 g/mol. The highest BCUT2D eigenvalue weighted by Gasteiger charge is 2.29. The van der Waals surface area contributed by atoms with E-state index < -0.39 is 0 Å². The summed E-state index contributed by atoms with van der Waals surface area (Å²) in [6.07, 6.45) is 6.49.